The first-order valence-corrected chi connectivity index (χ1v) is 7.51. The third-order valence-electron chi connectivity index (χ3n) is 3.63. The number of ether oxygens (including phenoxy) is 2. The van der Waals surface area contributed by atoms with Crippen LogP contribution in [-0.4, -0.2) is 44.3 Å². The summed E-state index contributed by atoms with van der Waals surface area (Å²) in [6, 6.07) is 12.7. The molecule has 1 aromatic carbocycles. The first kappa shape index (κ1) is 15.3. The SMILES string of the molecule is COc1cccc(NC(=O)c2cccc(N3CCOCC3)n2)c1. The summed E-state index contributed by atoms with van der Waals surface area (Å²) in [7, 11) is 1.59. The predicted octanol–water partition coefficient (Wildman–Crippen LogP) is 2.18. The maximum Gasteiger partial charge on any atom is 0.274 e. The van der Waals surface area contributed by atoms with Gasteiger partial charge >= 0.3 is 0 Å². The second kappa shape index (κ2) is 7.11. The zero-order chi connectivity index (χ0) is 16.1. The average molecular weight is 313 g/mol. The van der Waals surface area contributed by atoms with E-state index in [0.717, 1.165) is 18.9 Å². The number of nitrogens with zero attached hydrogens (tertiary/aromatic N) is 2. The van der Waals surface area contributed by atoms with Gasteiger partial charge < -0.3 is 19.7 Å². The van der Waals surface area contributed by atoms with Crippen molar-refractivity contribution in [3.8, 4) is 5.75 Å². The number of hydrogen-bond acceptors (Lipinski definition) is 5. The molecule has 0 radical (unpaired) electrons. The number of nitrogens with one attached hydrogen (secondary N) is 1. The molecule has 1 fully saturated rings. The van der Waals surface area contributed by atoms with Crippen molar-refractivity contribution < 1.29 is 14.3 Å². The monoisotopic (exact) mass is 313 g/mol. The Hall–Kier alpha value is -2.60. The summed E-state index contributed by atoms with van der Waals surface area (Å²) < 4.78 is 10.5. The highest BCUT2D eigenvalue weighted by atomic mass is 16.5. The van der Waals surface area contributed by atoms with E-state index in [4.69, 9.17) is 9.47 Å². The predicted molar refractivity (Wildman–Crippen MR) is 88.2 cm³/mol. The fourth-order valence-electron chi connectivity index (χ4n) is 2.41. The highest BCUT2D eigenvalue weighted by Crippen LogP contribution is 2.18. The standard InChI is InChI=1S/C17H19N3O3/c1-22-14-5-2-4-13(12-14)18-17(21)15-6-3-7-16(19-15)20-8-10-23-11-9-20/h2-7,12H,8-11H2,1H3,(H,18,21). The Morgan fingerprint density at radius 3 is 2.78 bits per heavy atom. The van der Waals surface area contributed by atoms with Gasteiger partial charge in [0.1, 0.15) is 17.3 Å². The fraction of sp³-hybridized carbons (Fsp3) is 0.294. The molecule has 2 aromatic rings. The summed E-state index contributed by atoms with van der Waals surface area (Å²) >= 11 is 0. The molecule has 0 unspecified atom stereocenters. The molecule has 3 rings (SSSR count). The molecule has 0 aliphatic carbocycles. The lowest BCUT2D eigenvalue weighted by Crippen LogP contribution is -2.37. The molecule has 0 saturated carbocycles. The summed E-state index contributed by atoms with van der Waals surface area (Å²) in [6.07, 6.45) is 0. The highest BCUT2D eigenvalue weighted by Gasteiger charge is 2.15. The first-order valence-electron chi connectivity index (χ1n) is 7.51. The number of pyridine rings is 1. The molecule has 1 aliphatic rings. The molecular weight excluding hydrogens is 294 g/mol. The van der Waals surface area contributed by atoms with Crippen LogP contribution in [0.15, 0.2) is 42.5 Å². The number of benzene rings is 1. The van der Waals surface area contributed by atoms with Gasteiger partial charge in [-0.15, -0.1) is 0 Å². The number of amides is 1. The van der Waals surface area contributed by atoms with Crippen LogP contribution in [0, 0.1) is 0 Å². The van der Waals surface area contributed by atoms with Crippen LogP contribution >= 0.6 is 0 Å². The zero-order valence-electron chi connectivity index (χ0n) is 13.0. The molecule has 6 heteroatoms. The van der Waals surface area contributed by atoms with E-state index in [9.17, 15) is 4.79 Å². The van der Waals surface area contributed by atoms with Crippen molar-refractivity contribution in [2.45, 2.75) is 0 Å². The van der Waals surface area contributed by atoms with Crippen molar-refractivity contribution in [2.75, 3.05) is 43.6 Å². The van der Waals surface area contributed by atoms with E-state index in [2.05, 4.69) is 15.2 Å². The molecular formula is C17H19N3O3. The van der Waals surface area contributed by atoms with Crippen LogP contribution in [0.1, 0.15) is 10.5 Å². The van der Waals surface area contributed by atoms with Gasteiger partial charge in [0.05, 0.1) is 20.3 Å². The first-order chi connectivity index (χ1) is 11.3. The zero-order valence-corrected chi connectivity index (χ0v) is 13.0. The molecule has 2 heterocycles. The van der Waals surface area contributed by atoms with Crippen LogP contribution in [0.2, 0.25) is 0 Å². The molecule has 1 aliphatic heterocycles. The van der Waals surface area contributed by atoms with Crippen LogP contribution in [0.3, 0.4) is 0 Å². The number of aromatic nitrogens is 1. The third-order valence-corrected chi connectivity index (χ3v) is 3.63. The molecule has 1 saturated heterocycles. The second-order valence-corrected chi connectivity index (χ2v) is 5.17. The van der Waals surface area contributed by atoms with Gasteiger partial charge in [-0.1, -0.05) is 12.1 Å². The van der Waals surface area contributed by atoms with Gasteiger partial charge in [-0.05, 0) is 24.3 Å². The molecule has 1 aromatic heterocycles. The van der Waals surface area contributed by atoms with Gasteiger partial charge in [-0.2, -0.15) is 0 Å². The fourth-order valence-corrected chi connectivity index (χ4v) is 2.41. The second-order valence-electron chi connectivity index (χ2n) is 5.17. The van der Waals surface area contributed by atoms with Crippen LogP contribution in [-0.2, 0) is 4.74 Å². The Morgan fingerprint density at radius 2 is 2.00 bits per heavy atom. The minimum Gasteiger partial charge on any atom is -0.497 e. The van der Waals surface area contributed by atoms with Gasteiger partial charge in [0.2, 0.25) is 0 Å². The van der Waals surface area contributed by atoms with E-state index >= 15 is 0 Å². The van der Waals surface area contributed by atoms with Crippen LogP contribution in [0.5, 0.6) is 5.75 Å². The lowest BCUT2D eigenvalue weighted by Gasteiger charge is -2.27. The molecule has 120 valence electrons. The molecule has 1 N–H and O–H groups in total. The van der Waals surface area contributed by atoms with E-state index in [-0.39, 0.29) is 5.91 Å². The van der Waals surface area contributed by atoms with Crippen molar-refractivity contribution in [3.63, 3.8) is 0 Å². The van der Waals surface area contributed by atoms with E-state index in [1.165, 1.54) is 0 Å². The molecule has 6 nitrogen and oxygen atoms in total. The van der Waals surface area contributed by atoms with Crippen molar-refractivity contribution in [1.29, 1.82) is 0 Å². The number of methoxy groups -OCH3 is 1. The van der Waals surface area contributed by atoms with Gasteiger partial charge in [-0.3, -0.25) is 4.79 Å². The number of hydrogen-bond donors (Lipinski definition) is 1. The normalized spacial score (nSPS) is 14.4. The van der Waals surface area contributed by atoms with Gasteiger partial charge in [0.25, 0.3) is 5.91 Å². The van der Waals surface area contributed by atoms with E-state index in [0.29, 0.717) is 30.3 Å². The molecule has 0 bridgehead atoms. The van der Waals surface area contributed by atoms with Gasteiger partial charge in [0, 0.05) is 24.8 Å². The van der Waals surface area contributed by atoms with Crippen LogP contribution < -0.4 is 15.0 Å². The van der Waals surface area contributed by atoms with Crippen molar-refractivity contribution >= 4 is 17.4 Å². The molecule has 0 spiro atoms. The Morgan fingerprint density at radius 1 is 1.22 bits per heavy atom. The van der Waals surface area contributed by atoms with Crippen LogP contribution in [0.4, 0.5) is 11.5 Å². The summed E-state index contributed by atoms with van der Waals surface area (Å²) in [5.74, 6) is 1.25. The highest BCUT2D eigenvalue weighted by molar-refractivity contribution is 6.03. The molecule has 23 heavy (non-hydrogen) atoms. The third kappa shape index (κ3) is 3.78. The Labute approximate surface area is 135 Å². The smallest absolute Gasteiger partial charge is 0.274 e. The van der Waals surface area contributed by atoms with Crippen LogP contribution in [0.25, 0.3) is 0 Å². The van der Waals surface area contributed by atoms with Gasteiger partial charge in [0.15, 0.2) is 0 Å². The molecule has 0 atom stereocenters. The maximum atomic E-state index is 12.4. The van der Waals surface area contributed by atoms with Gasteiger partial charge in [-0.25, -0.2) is 4.98 Å². The maximum absolute atomic E-state index is 12.4. The number of anilines is 2. The Kier molecular flexibility index (Phi) is 4.73. The number of carbonyl (C=O) groups is 1. The Balaban J connectivity index is 1.74. The van der Waals surface area contributed by atoms with E-state index < -0.39 is 0 Å². The van der Waals surface area contributed by atoms with Crippen molar-refractivity contribution in [2.24, 2.45) is 0 Å². The summed E-state index contributed by atoms with van der Waals surface area (Å²) in [5.41, 5.74) is 1.06. The molecule has 1 amide bonds. The Bertz CT molecular complexity index is 684. The minimum absolute atomic E-state index is 0.242. The van der Waals surface area contributed by atoms with Crippen molar-refractivity contribution in [3.05, 3.63) is 48.2 Å². The number of morpholine rings is 1. The summed E-state index contributed by atoms with van der Waals surface area (Å²) in [5, 5.41) is 2.84. The van der Waals surface area contributed by atoms with Crippen molar-refractivity contribution in [1.82, 2.24) is 4.98 Å². The quantitative estimate of drug-likeness (QED) is 0.937. The average Bonchev–Trinajstić information content (AvgIpc) is 2.63. The lowest BCUT2D eigenvalue weighted by atomic mass is 10.2. The largest absolute Gasteiger partial charge is 0.497 e. The summed E-state index contributed by atoms with van der Waals surface area (Å²) in [6.45, 7) is 2.94. The summed E-state index contributed by atoms with van der Waals surface area (Å²) in [4.78, 5) is 19.0. The number of rotatable bonds is 4. The van der Waals surface area contributed by atoms with E-state index in [1.54, 1.807) is 19.2 Å². The topological polar surface area (TPSA) is 63.7 Å². The number of carbonyl (C=O) groups excluding carboxylic acids is 1. The lowest BCUT2D eigenvalue weighted by molar-refractivity contribution is 0.102. The minimum atomic E-state index is -0.242. The van der Waals surface area contributed by atoms with E-state index in [1.807, 2.05) is 30.3 Å².